The molecule has 1 aromatic rings. The number of hydrogen-bond donors (Lipinski definition) is 2. The van der Waals surface area contributed by atoms with Crippen LogP contribution in [0.2, 0.25) is 0 Å². The molecule has 20 heavy (non-hydrogen) atoms. The standard InChI is InChI=1S/C15H26N2O3/c1-19-9-4-7-17(8-10-20-2)12-15(18)13-5-3-6-14(16)11-13/h3,5-6,11,15,18H,4,7-10,12,16H2,1-2H3. The van der Waals surface area contributed by atoms with Gasteiger partial charge in [-0.1, -0.05) is 12.1 Å². The van der Waals surface area contributed by atoms with Crippen LogP contribution in [0.5, 0.6) is 0 Å². The van der Waals surface area contributed by atoms with E-state index in [2.05, 4.69) is 4.90 Å². The van der Waals surface area contributed by atoms with E-state index in [9.17, 15) is 5.11 Å². The van der Waals surface area contributed by atoms with Gasteiger partial charge in [0.05, 0.1) is 12.7 Å². The van der Waals surface area contributed by atoms with Crippen molar-refractivity contribution in [1.82, 2.24) is 4.90 Å². The predicted molar refractivity (Wildman–Crippen MR) is 80.6 cm³/mol. The Hall–Kier alpha value is -1.14. The van der Waals surface area contributed by atoms with Crippen molar-refractivity contribution in [3.63, 3.8) is 0 Å². The number of methoxy groups -OCH3 is 2. The fourth-order valence-corrected chi connectivity index (χ4v) is 2.06. The molecule has 0 fully saturated rings. The minimum absolute atomic E-state index is 0.544. The SMILES string of the molecule is COCCCN(CCOC)CC(O)c1cccc(N)c1. The lowest BCUT2D eigenvalue weighted by atomic mass is 10.1. The Balaban J connectivity index is 2.53. The Kier molecular flexibility index (Phi) is 8.22. The minimum Gasteiger partial charge on any atom is -0.399 e. The first-order valence-electron chi connectivity index (χ1n) is 6.91. The number of nitrogens with zero attached hydrogens (tertiary/aromatic N) is 1. The second-order valence-corrected chi connectivity index (χ2v) is 4.83. The van der Waals surface area contributed by atoms with Crippen LogP contribution < -0.4 is 5.73 Å². The normalized spacial score (nSPS) is 12.8. The van der Waals surface area contributed by atoms with E-state index >= 15 is 0 Å². The van der Waals surface area contributed by atoms with Gasteiger partial charge in [0.25, 0.3) is 0 Å². The lowest BCUT2D eigenvalue weighted by Crippen LogP contribution is -2.33. The quantitative estimate of drug-likeness (QED) is 0.500. The predicted octanol–water partition coefficient (Wildman–Crippen LogP) is 1.29. The summed E-state index contributed by atoms with van der Waals surface area (Å²) in [5.41, 5.74) is 7.26. The van der Waals surface area contributed by atoms with E-state index in [1.54, 1.807) is 14.2 Å². The molecular formula is C15H26N2O3. The average molecular weight is 282 g/mol. The number of nitrogen functional groups attached to an aromatic ring is 1. The molecule has 0 heterocycles. The molecule has 3 N–H and O–H groups in total. The van der Waals surface area contributed by atoms with Gasteiger partial charge in [-0.15, -0.1) is 0 Å². The highest BCUT2D eigenvalue weighted by molar-refractivity contribution is 5.41. The van der Waals surface area contributed by atoms with Gasteiger partial charge in [-0.25, -0.2) is 0 Å². The molecule has 0 aliphatic carbocycles. The largest absolute Gasteiger partial charge is 0.399 e. The van der Waals surface area contributed by atoms with Crippen LogP contribution in [-0.4, -0.2) is 57.1 Å². The number of rotatable bonds is 10. The zero-order valence-electron chi connectivity index (χ0n) is 12.4. The lowest BCUT2D eigenvalue weighted by Gasteiger charge is -2.25. The highest BCUT2D eigenvalue weighted by Crippen LogP contribution is 2.17. The lowest BCUT2D eigenvalue weighted by molar-refractivity contribution is 0.0818. The number of nitrogens with two attached hydrogens (primary N) is 1. The Labute approximate surface area is 121 Å². The van der Waals surface area contributed by atoms with E-state index in [1.165, 1.54) is 0 Å². The van der Waals surface area contributed by atoms with Crippen LogP contribution in [0.1, 0.15) is 18.1 Å². The summed E-state index contributed by atoms with van der Waals surface area (Å²) in [6, 6.07) is 7.38. The molecule has 0 saturated carbocycles. The van der Waals surface area contributed by atoms with Crippen molar-refractivity contribution in [3.8, 4) is 0 Å². The number of anilines is 1. The number of ether oxygens (including phenoxy) is 2. The van der Waals surface area contributed by atoms with E-state index in [0.29, 0.717) is 18.8 Å². The molecule has 0 saturated heterocycles. The summed E-state index contributed by atoms with van der Waals surface area (Å²) < 4.78 is 10.2. The minimum atomic E-state index is -0.544. The van der Waals surface area contributed by atoms with Crippen LogP contribution in [0, 0.1) is 0 Å². The first-order chi connectivity index (χ1) is 9.67. The number of aliphatic hydroxyl groups excluding tert-OH is 1. The van der Waals surface area contributed by atoms with Gasteiger partial charge in [0, 0.05) is 46.1 Å². The Bertz CT molecular complexity index is 374. The second kappa shape index (κ2) is 9.72. The fourth-order valence-electron chi connectivity index (χ4n) is 2.06. The average Bonchev–Trinajstić information content (AvgIpc) is 2.44. The maximum absolute atomic E-state index is 10.3. The number of hydrogen-bond acceptors (Lipinski definition) is 5. The summed E-state index contributed by atoms with van der Waals surface area (Å²) >= 11 is 0. The zero-order chi connectivity index (χ0) is 14.8. The van der Waals surface area contributed by atoms with Crippen LogP contribution in [0.4, 0.5) is 5.69 Å². The van der Waals surface area contributed by atoms with E-state index < -0.39 is 6.10 Å². The second-order valence-electron chi connectivity index (χ2n) is 4.83. The van der Waals surface area contributed by atoms with Crippen LogP contribution in [0.25, 0.3) is 0 Å². The molecule has 1 unspecified atom stereocenters. The van der Waals surface area contributed by atoms with Crippen LogP contribution >= 0.6 is 0 Å². The van der Waals surface area contributed by atoms with Crippen molar-refractivity contribution in [3.05, 3.63) is 29.8 Å². The molecule has 5 nitrogen and oxygen atoms in total. The van der Waals surface area contributed by atoms with Crippen LogP contribution in [0.15, 0.2) is 24.3 Å². The van der Waals surface area contributed by atoms with Gasteiger partial charge in [0.1, 0.15) is 0 Å². The molecule has 1 aromatic carbocycles. The molecule has 0 spiro atoms. The van der Waals surface area contributed by atoms with Crippen LogP contribution in [0.3, 0.4) is 0 Å². The number of benzene rings is 1. The van der Waals surface area contributed by atoms with Gasteiger partial charge in [-0.2, -0.15) is 0 Å². The Morgan fingerprint density at radius 1 is 1.20 bits per heavy atom. The molecule has 114 valence electrons. The molecule has 0 bridgehead atoms. The third-order valence-corrected chi connectivity index (χ3v) is 3.16. The fraction of sp³-hybridized carbons (Fsp3) is 0.600. The molecule has 0 aromatic heterocycles. The van der Waals surface area contributed by atoms with Gasteiger partial charge in [0.15, 0.2) is 0 Å². The van der Waals surface area contributed by atoms with E-state index in [1.807, 2.05) is 24.3 Å². The van der Waals surface area contributed by atoms with Gasteiger partial charge < -0.3 is 20.3 Å². The van der Waals surface area contributed by atoms with Crippen molar-refractivity contribution in [2.45, 2.75) is 12.5 Å². The topological polar surface area (TPSA) is 68.0 Å². The molecule has 1 rings (SSSR count). The van der Waals surface area contributed by atoms with Crippen molar-refractivity contribution < 1.29 is 14.6 Å². The molecule has 0 amide bonds. The summed E-state index contributed by atoms with van der Waals surface area (Å²) in [7, 11) is 3.38. The van der Waals surface area contributed by atoms with Gasteiger partial charge >= 0.3 is 0 Å². The Morgan fingerprint density at radius 3 is 2.60 bits per heavy atom. The summed E-state index contributed by atoms with van der Waals surface area (Å²) in [6.45, 7) is 3.60. The molecule has 1 atom stereocenters. The maximum atomic E-state index is 10.3. The van der Waals surface area contributed by atoms with Gasteiger partial charge in [0.2, 0.25) is 0 Å². The monoisotopic (exact) mass is 282 g/mol. The highest BCUT2D eigenvalue weighted by atomic mass is 16.5. The first kappa shape index (κ1) is 16.9. The van der Waals surface area contributed by atoms with Crippen LogP contribution in [-0.2, 0) is 9.47 Å². The third kappa shape index (κ3) is 6.34. The van der Waals surface area contributed by atoms with Crippen molar-refractivity contribution in [1.29, 1.82) is 0 Å². The third-order valence-electron chi connectivity index (χ3n) is 3.16. The van der Waals surface area contributed by atoms with Crippen molar-refractivity contribution in [2.75, 3.05) is 52.8 Å². The van der Waals surface area contributed by atoms with Crippen molar-refractivity contribution >= 4 is 5.69 Å². The molecule has 0 aliphatic rings. The zero-order valence-corrected chi connectivity index (χ0v) is 12.4. The molecule has 5 heteroatoms. The van der Waals surface area contributed by atoms with Gasteiger partial charge in [-0.3, -0.25) is 4.90 Å². The van der Waals surface area contributed by atoms with E-state index in [0.717, 1.165) is 31.7 Å². The van der Waals surface area contributed by atoms with Gasteiger partial charge in [-0.05, 0) is 24.1 Å². The number of aliphatic hydroxyl groups is 1. The summed E-state index contributed by atoms with van der Waals surface area (Å²) in [4.78, 5) is 2.18. The maximum Gasteiger partial charge on any atom is 0.0917 e. The molecule has 0 aliphatic heterocycles. The summed E-state index contributed by atoms with van der Waals surface area (Å²) in [5, 5.41) is 10.3. The van der Waals surface area contributed by atoms with E-state index in [-0.39, 0.29) is 0 Å². The van der Waals surface area contributed by atoms with E-state index in [4.69, 9.17) is 15.2 Å². The highest BCUT2D eigenvalue weighted by Gasteiger charge is 2.13. The summed E-state index contributed by atoms with van der Waals surface area (Å²) in [6.07, 6.45) is 0.391. The summed E-state index contributed by atoms with van der Waals surface area (Å²) in [5.74, 6) is 0. The smallest absolute Gasteiger partial charge is 0.0917 e. The Morgan fingerprint density at radius 2 is 1.95 bits per heavy atom. The molecular weight excluding hydrogens is 256 g/mol. The van der Waals surface area contributed by atoms with Crippen molar-refractivity contribution in [2.24, 2.45) is 0 Å². The molecule has 0 radical (unpaired) electrons. The first-order valence-corrected chi connectivity index (χ1v) is 6.91.